The minimum Gasteiger partial charge on any atom is -0.356 e. The van der Waals surface area contributed by atoms with Crippen molar-refractivity contribution < 1.29 is 4.79 Å². The van der Waals surface area contributed by atoms with Crippen LogP contribution in [0.2, 0.25) is 0 Å². The zero-order valence-corrected chi connectivity index (χ0v) is 13.8. The van der Waals surface area contributed by atoms with E-state index in [9.17, 15) is 4.79 Å². The van der Waals surface area contributed by atoms with Crippen LogP contribution in [-0.2, 0) is 17.8 Å². The van der Waals surface area contributed by atoms with E-state index < -0.39 is 0 Å². The van der Waals surface area contributed by atoms with Crippen molar-refractivity contribution in [2.75, 3.05) is 6.54 Å². The maximum atomic E-state index is 11.2. The number of amides is 1. The van der Waals surface area contributed by atoms with Crippen LogP contribution in [-0.4, -0.2) is 22.0 Å². The van der Waals surface area contributed by atoms with E-state index in [2.05, 4.69) is 35.0 Å². The van der Waals surface area contributed by atoms with Crippen LogP contribution in [0.3, 0.4) is 0 Å². The molecule has 0 radical (unpaired) electrons. The largest absolute Gasteiger partial charge is 0.356 e. The quantitative estimate of drug-likeness (QED) is 0.718. The van der Waals surface area contributed by atoms with Crippen LogP contribution in [0.5, 0.6) is 0 Å². The lowest BCUT2D eigenvalue weighted by Gasteiger charge is -2.08. The predicted molar refractivity (Wildman–Crippen MR) is 90.9 cm³/mol. The van der Waals surface area contributed by atoms with Crippen LogP contribution < -0.4 is 5.32 Å². The van der Waals surface area contributed by atoms with Crippen LogP contribution >= 0.6 is 0 Å². The summed E-state index contributed by atoms with van der Waals surface area (Å²) in [5.41, 5.74) is 2.34. The number of rotatable bonds is 9. The molecule has 0 unspecified atom stereocenters. The summed E-state index contributed by atoms with van der Waals surface area (Å²) in [5, 5.41) is 2.92. The predicted octanol–water partition coefficient (Wildman–Crippen LogP) is 3.69. The highest BCUT2D eigenvalue weighted by Crippen LogP contribution is 2.18. The second-order valence-electron chi connectivity index (χ2n) is 5.68. The summed E-state index contributed by atoms with van der Waals surface area (Å²) < 4.78 is 2.36. The maximum absolute atomic E-state index is 11.2. The zero-order valence-electron chi connectivity index (χ0n) is 13.8. The van der Waals surface area contributed by atoms with E-state index in [1.807, 2.05) is 13.0 Å². The Bertz CT molecular complexity index is 603. The Morgan fingerprint density at radius 1 is 1.18 bits per heavy atom. The molecule has 4 heteroatoms. The molecule has 1 heterocycles. The molecule has 0 aliphatic rings. The molecule has 0 saturated carbocycles. The van der Waals surface area contributed by atoms with E-state index in [1.165, 1.54) is 11.3 Å². The van der Waals surface area contributed by atoms with E-state index in [4.69, 9.17) is 4.98 Å². The number of nitrogens with zero attached hydrogens (tertiary/aromatic N) is 2. The van der Waals surface area contributed by atoms with Gasteiger partial charge in [0.2, 0.25) is 5.91 Å². The highest BCUT2D eigenvalue weighted by atomic mass is 16.1. The van der Waals surface area contributed by atoms with Gasteiger partial charge < -0.3 is 9.88 Å². The summed E-state index contributed by atoms with van der Waals surface area (Å²) in [7, 11) is 0. The number of hydrogen-bond donors (Lipinski definition) is 1. The Morgan fingerprint density at radius 2 is 2.00 bits per heavy atom. The van der Waals surface area contributed by atoms with Crippen molar-refractivity contribution in [1.29, 1.82) is 0 Å². The number of imidazole rings is 1. The van der Waals surface area contributed by atoms with Crippen molar-refractivity contribution >= 4 is 16.9 Å². The molecule has 0 atom stereocenters. The lowest BCUT2D eigenvalue weighted by molar-refractivity contribution is -0.120. The zero-order chi connectivity index (χ0) is 15.8. The van der Waals surface area contributed by atoms with E-state index in [0.717, 1.165) is 50.7 Å². The van der Waals surface area contributed by atoms with Gasteiger partial charge in [0.15, 0.2) is 0 Å². The number of para-hydroxylation sites is 2. The second kappa shape index (κ2) is 8.57. The Balaban J connectivity index is 1.86. The monoisotopic (exact) mass is 301 g/mol. The molecule has 4 nitrogen and oxygen atoms in total. The van der Waals surface area contributed by atoms with Crippen molar-refractivity contribution in [1.82, 2.24) is 14.9 Å². The molecule has 0 bridgehead atoms. The summed E-state index contributed by atoms with van der Waals surface area (Å²) >= 11 is 0. The summed E-state index contributed by atoms with van der Waals surface area (Å²) in [5.74, 6) is 1.34. The number of hydrogen-bond acceptors (Lipinski definition) is 2. The van der Waals surface area contributed by atoms with Crippen molar-refractivity contribution in [3.05, 3.63) is 30.1 Å². The Labute approximate surface area is 132 Å². The number of aryl methyl sites for hydroxylation is 2. The Kier molecular flexibility index (Phi) is 6.44. The number of carbonyl (C=O) groups is 1. The van der Waals surface area contributed by atoms with Crippen LogP contribution in [0.1, 0.15) is 51.8 Å². The van der Waals surface area contributed by atoms with Crippen molar-refractivity contribution in [2.24, 2.45) is 0 Å². The first kappa shape index (κ1) is 16.5. The van der Waals surface area contributed by atoms with E-state index >= 15 is 0 Å². The van der Waals surface area contributed by atoms with Crippen LogP contribution in [0, 0.1) is 0 Å². The average Bonchev–Trinajstić information content (AvgIpc) is 2.89. The van der Waals surface area contributed by atoms with Gasteiger partial charge in [0.05, 0.1) is 11.0 Å². The summed E-state index contributed by atoms with van der Waals surface area (Å²) in [6.45, 7) is 5.91. The summed E-state index contributed by atoms with van der Waals surface area (Å²) in [6.07, 6.45) is 5.99. The molecule has 2 rings (SSSR count). The van der Waals surface area contributed by atoms with Crippen LogP contribution in [0.4, 0.5) is 0 Å². The number of nitrogens with one attached hydrogen (secondary N) is 1. The van der Waals surface area contributed by atoms with Gasteiger partial charge in [0.1, 0.15) is 5.82 Å². The minimum atomic E-state index is 0.143. The molecule has 1 amide bonds. The minimum absolute atomic E-state index is 0.143. The first-order valence-electron chi connectivity index (χ1n) is 8.47. The van der Waals surface area contributed by atoms with Crippen molar-refractivity contribution in [3.63, 3.8) is 0 Å². The number of carbonyl (C=O) groups excluding carboxylic acids is 1. The molecule has 0 fully saturated rings. The molecule has 22 heavy (non-hydrogen) atoms. The van der Waals surface area contributed by atoms with Gasteiger partial charge in [-0.25, -0.2) is 4.98 Å². The summed E-state index contributed by atoms with van der Waals surface area (Å²) in [4.78, 5) is 15.9. The number of benzene rings is 1. The van der Waals surface area contributed by atoms with Crippen LogP contribution in [0.25, 0.3) is 11.0 Å². The second-order valence-corrected chi connectivity index (χ2v) is 5.68. The van der Waals surface area contributed by atoms with E-state index in [0.29, 0.717) is 6.42 Å². The SMILES string of the molecule is CCCn1c(CCCCCNC(=O)CC)nc2ccccc21. The molecular formula is C18H27N3O. The molecular weight excluding hydrogens is 274 g/mol. The smallest absolute Gasteiger partial charge is 0.219 e. The molecule has 0 aliphatic heterocycles. The third-order valence-corrected chi connectivity index (χ3v) is 3.90. The Morgan fingerprint density at radius 3 is 2.77 bits per heavy atom. The lowest BCUT2D eigenvalue weighted by Crippen LogP contribution is -2.23. The van der Waals surface area contributed by atoms with Gasteiger partial charge >= 0.3 is 0 Å². The average molecular weight is 301 g/mol. The number of unbranched alkanes of at least 4 members (excludes halogenated alkanes) is 2. The van der Waals surface area contributed by atoms with Gasteiger partial charge in [-0.1, -0.05) is 32.4 Å². The van der Waals surface area contributed by atoms with Crippen molar-refractivity contribution in [3.8, 4) is 0 Å². The molecule has 120 valence electrons. The highest BCUT2D eigenvalue weighted by molar-refractivity contribution is 5.76. The summed E-state index contributed by atoms with van der Waals surface area (Å²) in [6, 6.07) is 8.37. The Hall–Kier alpha value is -1.84. The third-order valence-electron chi connectivity index (χ3n) is 3.90. The molecule has 0 saturated heterocycles. The fourth-order valence-corrected chi connectivity index (χ4v) is 2.73. The molecule has 2 aromatic rings. The van der Waals surface area contributed by atoms with E-state index in [-0.39, 0.29) is 5.91 Å². The van der Waals surface area contributed by atoms with Gasteiger partial charge in [-0.05, 0) is 31.4 Å². The fourth-order valence-electron chi connectivity index (χ4n) is 2.73. The fraction of sp³-hybridized carbons (Fsp3) is 0.556. The first-order chi connectivity index (χ1) is 10.8. The molecule has 0 spiro atoms. The highest BCUT2D eigenvalue weighted by Gasteiger charge is 2.09. The molecule has 0 aliphatic carbocycles. The van der Waals surface area contributed by atoms with Gasteiger partial charge in [-0.2, -0.15) is 0 Å². The third kappa shape index (κ3) is 4.33. The number of fused-ring (bicyclic) bond motifs is 1. The van der Waals surface area contributed by atoms with Gasteiger partial charge in [-0.15, -0.1) is 0 Å². The first-order valence-corrected chi connectivity index (χ1v) is 8.47. The normalized spacial score (nSPS) is 11.0. The standard InChI is InChI=1S/C18H27N3O/c1-3-14-21-16-11-8-7-10-15(16)20-17(21)12-6-5-9-13-19-18(22)4-2/h7-8,10-11H,3-6,9,12-14H2,1-2H3,(H,19,22). The van der Waals surface area contributed by atoms with Crippen LogP contribution in [0.15, 0.2) is 24.3 Å². The van der Waals surface area contributed by atoms with Gasteiger partial charge in [-0.3, -0.25) is 4.79 Å². The van der Waals surface area contributed by atoms with Gasteiger partial charge in [0, 0.05) is 25.9 Å². The lowest BCUT2D eigenvalue weighted by atomic mass is 10.2. The molecule has 1 aromatic carbocycles. The number of aromatic nitrogens is 2. The molecule has 1 aromatic heterocycles. The maximum Gasteiger partial charge on any atom is 0.219 e. The van der Waals surface area contributed by atoms with E-state index in [1.54, 1.807) is 0 Å². The van der Waals surface area contributed by atoms with Gasteiger partial charge in [0.25, 0.3) is 0 Å². The topological polar surface area (TPSA) is 46.9 Å². The molecule has 1 N–H and O–H groups in total. The van der Waals surface area contributed by atoms with Crippen molar-refractivity contribution in [2.45, 2.75) is 58.9 Å².